The van der Waals surface area contributed by atoms with E-state index in [2.05, 4.69) is 5.32 Å². The van der Waals surface area contributed by atoms with E-state index in [1.54, 1.807) is 19.2 Å². The average Bonchev–Trinajstić information content (AvgIpc) is 2.36. The zero-order valence-electron chi connectivity index (χ0n) is 11.2. The van der Waals surface area contributed by atoms with Crippen LogP contribution in [0, 0.1) is 0 Å². The molecule has 0 aliphatic rings. The first kappa shape index (κ1) is 16.9. The maximum Gasteiger partial charge on any atom is 0.390 e. The van der Waals surface area contributed by atoms with Crippen LogP contribution in [0.4, 0.5) is 13.2 Å². The van der Waals surface area contributed by atoms with Crippen molar-refractivity contribution in [3.63, 3.8) is 0 Å². The van der Waals surface area contributed by atoms with E-state index < -0.39 is 29.2 Å². The van der Waals surface area contributed by atoms with Gasteiger partial charge in [-0.15, -0.1) is 0 Å². The third kappa shape index (κ3) is 5.10. The van der Waals surface area contributed by atoms with Crippen molar-refractivity contribution in [2.45, 2.75) is 30.5 Å². The summed E-state index contributed by atoms with van der Waals surface area (Å²) < 4.78 is 61.7. The predicted molar refractivity (Wildman–Crippen MR) is 69.8 cm³/mol. The molecule has 8 heteroatoms. The zero-order chi connectivity index (χ0) is 15.4. The van der Waals surface area contributed by atoms with Gasteiger partial charge in [0, 0.05) is 12.6 Å². The Hall–Kier alpha value is -1.12. The lowest BCUT2D eigenvalue weighted by atomic mass is 10.1. The molecule has 0 saturated heterocycles. The first-order valence-corrected chi connectivity index (χ1v) is 7.47. The van der Waals surface area contributed by atoms with Crippen molar-refractivity contribution in [1.29, 1.82) is 0 Å². The minimum absolute atomic E-state index is 0.0423. The van der Waals surface area contributed by atoms with Gasteiger partial charge >= 0.3 is 6.18 Å². The maximum atomic E-state index is 12.0. The van der Waals surface area contributed by atoms with Crippen molar-refractivity contribution >= 4 is 10.0 Å². The first-order chi connectivity index (χ1) is 9.15. The minimum Gasteiger partial charge on any atom is -0.313 e. The molecule has 0 fully saturated rings. The van der Waals surface area contributed by atoms with E-state index in [9.17, 15) is 21.6 Å². The van der Waals surface area contributed by atoms with E-state index in [1.807, 2.05) is 11.6 Å². The number of sulfonamides is 1. The first-order valence-electron chi connectivity index (χ1n) is 5.99. The van der Waals surface area contributed by atoms with Crippen molar-refractivity contribution in [2.24, 2.45) is 0 Å². The highest BCUT2D eigenvalue weighted by atomic mass is 32.2. The maximum absolute atomic E-state index is 12.0. The zero-order valence-corrected chi connectivity index (χ0v) is 12.0. The third-order valence-electron chi connectivity index (χ3n) is 2.80. The van der Waals surface area contributed by atoms with Gasteiger partial charge in [-0.3, -0.25) is 0 Å². The number of benzene rings is 1. The second kappa shape index (κ2) is 6.55. The van der Waals surface area contributed by atoms with Crippen molar-refractivity contribution in [3.8, 4) is 0 Å². The summed E-state index contributed by atoms with van der Waals surface area (Å²) in [5.41, 5.74) is 0.742. The standard InChI is InChI=1S/C12H17F3N2O2S/c1-9(16-2)10-4-3-5-11(8-10)20(18,19)17-7-6-12(13,14)15/h3-5,8-9,16-17H,6-7H2,1-2H3. The average molecular weight is 310 g/mol. The molecule has 114 valence electrons. The molecule has 0 bridgehead atoms. The molecule has 1 aromatic carbocycles. The second-order valence-corrected chi connectivity index (χ2v) is 6.11. The van der Waals surface area contributed by atoms with E-state index in [0.29, 0.717) is 0 Å². The molecule has 1 unspecified atom stereocenters. The lowest BCUT2D eigenvalue weighted by Crippen LogP contribution is -2.28. The van der Waals surface area contributed by atoms with Gasteiger partial charge in [0.2, 0.25) is 10.0 Å². The lowest BCUT2D eigenvalue weighted by molar-refractivity contribution is -0.132. The Kier molecular flexibility index (Phi) is 5.55. The normalized spacial score (nSPS) is 14.2. The molecule has 1 rings (SSSR count). The lowest BCUT2D eigenvalue weighted by Gasteiger charge is -2.13. The van der Waals surface area contributed by atoms with Gasteiger partial charge in [0.05, 0.1) is 11.3 Å². The highest BCUT2D eigenvalue weighted by Crippen LogP contribution is 2.20. The number of alkyl halides is 3. The Balaban J connectivity index is 2.82. The summed E-state index contributed by atoms with van der Waals surface area (Å²) in [6.45, 7) is 1.18. The van der Waals surface area contributed by atoms with Crippen LogP contribution < -0.4 is 10.0 Å². The van der Waals surface area contributed by atoms with Crippen molar-refractivity contribution < 1.29 is 21.6 Å². The minimum atomic E-state index is -4.38. The Morgan fingerprint density at radius 1 is 1.30 bits per heavy atom. The molecule has 0 amide bonds. The number of rotatable bonds is 6. The van der Waals surface area contributed by atoms with E-state index in [1.165, 1.54) is 12.1 Å². The van der Waals surface area contributed by atoms with Crippen molar-refractivity contribution in [1.82, 2.24) is 10.0 Å². The van der Waals surface area contributed by atoms with Crippen LogP contribution in [0.1, 0.15) is 24.9 Å². The number of nitrogens with one attached hydrogen (secondary N) is 2. The van der Waals surface area contributed by atoms with E-state index >= 15 is 0 Å². The van der Waals surface area contributed by atoms with Gasteiger partial charge in [0.25, 0.3) is 0 Å². The van der Waals surface area contributed by atoms with Gasteiger partial charge < -0.3 is 5.32 Å². The smallest absolute Gasteiger partial charge is 0.313 e. The van der Waals surface area contributed by atoms with Gasteiger partial charge in [-0.05, 0) is 31.7 Å². The summed E-state index contributed by atoms with van der Waals surface area (Å²) in [6, 6.07) is 6.04. The van der Waals surface area contributed by atoms with Gasteiger partial charge in [0.1, 0.15) is 0 Å². The fourth-order valence-corrected chi connectivity index (χ4v) is 2.61. The quantitative estimate of drug-likeness (QED) is 0.847. The SMILES string of the molecule is CNC(C)c1cccc(S(=O)(=O)NCCC(F)(F)F)c1. The number of hydrogen-bond donors (Lipinski definition) is 2. The molecule has 0 spiro atoms. The van der Waals surface area contributed by atoms with Gasteiger partial charge in [0.15, 0.2) is 0 Å². The van der Waals surface area contributed by atoms with Crippen LogP contribution in [0.25, 0.3) is 0 Å². The van der Waals surface area contributed by atoms with E-state index in [0.717, 1.165) is 5.56 Å². The Labute approximate surface area is 116 Å². The summed E-state index contributed by atoms with van der Waals surface area (Å²) in [5.74, 6) is 0. The molecule has 1 atom stereocenters. The summed E-state index contributed by atoms with van der Waals surface area (Å²) in [7, 11) is -2.20. The van der Waals surface area contributed by atoms with Gasteiger partial charge in [-0.1, -0.05) is 12.1 Å². The topological polar surface area (TPSA) is 58.2 Å². The Morgan fingerprint density at radius 3 is 2.50 bits per heavy atom. The molecule has 0 aliphatic carbocycles. The van der Waals surface area contributed by atoms with Crippen LogP contribution >= 0.6 is 0 Å². The highest BCUT2D eigenvalue weighted by Gasteiger charge is 2.27. The van der Waals surface area contributed by atoms with Gasteiger partial charge in [-0.25, -0.2) is 13.1 Å². The van der Waals surface area contributed by atoms with Crippen LogP contribution in [0.15, 0.2) is 29.2 Å². The fourth-order valence-electron chi connectivity index (χ4n) is 1.53. The molecule has 0 heterocycles. The van der Waals surface area contributed by atoms with Crippen molar-refractivity contribution in [2.75, 3.05) is 13.6 Å². The van der Waals surface area contributed by atoms with Gasteiger partial charge in [-0.2, -0.15) is 13.2 Å². The number of hydrogen-bond acceptors (Lipinski definition) is 3. The largest absolute Gasteiger partial charge is 0.390 e. The Bertz CT molecular complexity index is 544. The molecule has 0 aromatic heterocycles. The Morgan fingerprint density at radius 2 is 1.95 bits per heavy atom. The van der Waals surface area contributed by atoms with E-state index in [-0.39, 0.29) is 10.9 Å². The fraction of sp³-hybridized carbons (Fsp3) is 0.500. The van der Waals surface area contributed by atoms with E-state index in [4.69, 9.17) is 0 Å². The summed E-state index contributed by atoms with van der Waals surface area (Å²) in [4.78, 5) is -0.0423. The molecular weight excluding hydrogens is 293 g/mol. The third-order valence-corrected chi connectivity index (χ3v) is 4.26. The molecule has 1 aromatic rings. The molecule has 2 N–H and O–H groups in total. The molecule has 4 nitrogen and oxygen atoms in total. The van der Waals surface area contributed by atoms with Crippen LogP contribution in [0.2, 0.25) is 0 Å². The van der Waals surface area contributed by atoms with Crippen LogP contribution in [0.3, 0.4) is 0 Å². The highest BCUT2D eigenvalue weighted by molar-refractivity contribution is 7.89. The summed E-state index contributed by atoms with van der Waals surface area (Å²) in [5, 5.41) is 2.96. The monoisotopic (exact) mass is 310 g/mol. The predicted octanol–water partition coefficient (Wildman–Crippen LogP) is 2.20. The van der Waals surface area contributed by atoms with Crippen LogP contribution in [-0.4, -0.2) is 28.2 Å². The molecule has 0 aliphatic heterocycles. The second-order valence-electron chi connectivity index (χ2n) is 4.35. The molecule has 0 saturated carbocycles. The summed E-state index contributed by atoms with van der Waals surface area (Å²) >= 11 is 0. The molecule has 0 radical (unpaired) electrons. The van der Waals surface area contributed by atoms with Crippen LogP contribution in [-0.2, 0) is 10.0 Å². The molecule has 20 heavy (non-hydrogen) atoms. The summed E-state index contributed by atoms with van der Waals surface area (Å²) in [6.07, 6.45) is -5.58. The van der Waals surface area contributed by atoms with Crippen LogP contribution in [0.5, 0.6) is 0 Å². The number of halogens is 3. The molecular formula is C12H17F3N2O2S. The van der Waals surface area contributed by atoms with Crippen molar-refractivity contribution in [3.05, 3.63) is 29.8 Å².